The van der Waals surface area contributed by atoms with E-state index in [1.807, 2.05) is 36.6 Å². The van der Waals surface area contributed by atoms with E-state index in [0.717, 1.165) is 23.3 Å². The maximum Gasteiger partial charge on any atom is 0.243 e. The summed E-state index contributed by atoms with van der Waals surface area (Å²) in [5.74, 6) is -0.0198. The van der Waals surface area contributed by atoms with Gasteiger partial charge < -0.3 is 5.32 Å². The molecule has 1 amide bonds. The maximum atomic E-state index is 12.8. The van der Waals surface area contributed by atoms with Crippen molar-refractivity contribution in [3.8, 4) is 0 Å². The summed E-state index contributed by atoms with van der Waals surface area (Å²) in [7, 11) is -3.48. The Kier molecular flexibility index (Phi) is 4.41. The minimum Gasteiger partial charge on any atom is -0.351 e. The van der Waals surface area contributed by atoms with Gasteiger partial charge in [-0.3, -0.25) is 4.79 Å². The Balaban J connectivity index is 1.39. The van der Waals surface area contributed by atoms with Gasteiger partial charge in [0.2, 0.25) is 15.9 Å². The van der Waals surface area contributed by atoms with Gasteiger partial charge in [0.05, 0.1) is 11.4 Å². The highest BCUT2D eigenvalue weighted by Gasteiger charge is 2.62. The summed E-state index contributed by atoms with van der Waals surface area (Å²) in [5, 5.41) is 4.98. The molecular weight excluding hydrogens is 368 g/mol. The molecular formula is C19H22N2O3S2. The van der Waals surface area contributed by atoms with Gasteiger partial charge in [0.15, 0.2) is 0 Å². The molecule has 1 N–H and O–H groups in total. The third-order valence-electron chi connectivity index (χ3n) is 5.53. The third kappa shape index (κ3) is 3.19. The van der Waals surface area contributed by atoms with Gasteiger partial charge in [0, 0.05) is 23.9 Å². The summed E-state index contributed by atoms with van der Waals surface area (Å²) in [6.07, 6.45) is 1.54. The number of thiophene rings is 1. The molecule has 1 aromatic heterocycles. The fraction of sp³-hybridized carbons (Fsp3) is 0.421. The van der Waals surface area contributed by atoms with Crippen LogP contribution in [0.1, 0.15) is 23.3 Å². The van der Waals surface area contributed by atoms with Crippen molar-refractivity contribution in [3.63, 3.8) is 0 Å². The van der Waals surface area contributed by atoms with Crippen LogP contribution in [0.5, 0.6) is 0 Å². The number of carbonyl (C=O) groups excluding carboxylic acids is 1. The number of hydrogen-bond acceptors (Lipinski definition) is 4. The first kappa shape index (κ1) is 17.7. The van der Waals surface area contributed by atoms with Crippen LogP contribution in [-0.2, 0) is 21.4 Å². The minimum atomic E-state index is -3.48. The molecule has 2 heterocycles. The lowest BCUT2D eigenvalue weighted by atomic mass is 10.0. The zero-order valence-electron chi connectivity index (χ0n) is 14.6. The predicted octanol–water partition coefficient (Wildman–Crippen LogP) is 2.77. The number of sulfonamides is 1. The lowest BCUT2D eigenvalue weighted by Gasteiger charge is -2.17. The van der Waals surface area contributed by atoms with Gasteiger partial charge in [0.25, 0.3) is 0 Å². The summed E-state index contributed by atoms with van der Waals surface area (Å²) in [6.45, 7) is 3.42. The Labute approximate surface area is 158 Å². The Morgan fingerprint density at radius 1 is 1.31 bits per heavy atom. The van der Waals surface area contributed by atoms with Crippen LogP contribution in [-0.4, -0.2) is 31.7 Å². The zero-order valence-corrected chi connectivity index (χ0v) is 16.3. The number of aryl methyl sites for hydroxylation is 1. The van der Waals surface area contributed by atoms with Crippen molar-refractivity contribution >= 4 is 27.3 Å². The average molecular weight is 391 g/mol. The van der Waals surface area contributed by atoms with Crippen LogP contribution in [0.15, 0.2) is 46.7 Å². The van der Waals surface area contributed by atoms with E-state index in [-0.39, 0.29) is 17.2 Å². The molecule has 1 aliphatic carbocycles. The van der Waals surface area contributed by atoms with Crippen molar-refractivity contribution in [2.75, 3.05) is 13.1 Å². The van der Waals surface area contributed by atoms with Gasteiger partial charge in [-0.25, -0.2) is 8.42 Å². The van der Waals surface area contributed by atoms with Gasteiger partial charge in [0.1, 0.15) is 0 Å². The van der Waals surface area contributed by atoms with E-state index in [1.54, 1.807) is 27.8 Å². The van der Waals surface area contributed by atoms with E-state index in [1.165, 1.54) is 0 Å². The predicted molar refractivity (Wildman–Crippen MR) is 101 cm³/mol. The molecule has 1 aliphatic heterocycles. The zero-order chi connectivity index (χ0) is 18.4. The first-order chi connectivity index (χ1) is 12.4. The lowest BCUT2D eigenvalue weighted by Crippen LogP contribution is -2.31. The van der Waals surface area contributed by atoms with Gasteiger partial charge >= 0.3 is 0 Å². The Morgan fingerprint density at radius 3 is 2.77 bits per heavy atom. The van der Waals surface area contributed by atoms with Crippen LogP contribution in [0.3, 0.4) is 0 Å². The standard InChI is InChI=1S/C19H22N2O3S2/c1-14-4-6-16(7-5-14)26(23,24)21-9-8-19(13-21)11-17(19)18(22)20-12-15-3-2-10-25-15/h2-7,10,17H,8-9,11-13H2,1H3,(H,20,22)/t17-,19-/m0/s1. The first-order valence-electron chi connectivity index (χ1n) is 8.78. The molecule has 0 radical (unpaired) electrons. The second kappa shape index (κ2) is 6.48. The van der Waals surface area contributed by atoms with E-state index >= 15 is 0 Å². The van der Waals surface area contributed by atoms with Crippen molar-refractivity contribution in [1.82, 2.24) is 9.62 Å². The summed E-state index contributed by atoms with van der Waals surface area (Å²) in [4.78, 5) is 13.9. The maximum absolute atomic E-state index is 12.8. The minimum absolute atomic E-state index is 0.0491. The highest BCUT2D eigenvalue weighted by Crippen LogP contribution is 2.59. The quantitative estimate of drug-likeness (QED) is 0.854. The van der Waals surface area contributed by atoms with Crippen LogP contribution >= 0.6 is 11.3 Å². The molecule has 2 atom stereocenters. The summed E-state index contributed by atoms with van der Waals surface area (Å²) in [5.41, 5.74) is 0.864. The number of hydrogen-bond donors (Lipinski definition) is 1. The molecule has 1 aromatic carbocycles. The van der Waals surface area contributed by atoms with Crippen molar-refractivity contribution in [2.24, 2.45) is 11.3 Å². The van der Waals surface area contributed by atoms with E-state index in [4.69, 9.17) is 0 Å². The van der Waals surface area contributed by atoms with Crippen LogP contribution in [0, 0.1) is 18.3 Å². The smallest absolute Gasteiger partial charge is 0.243 e. The van der Waals surface area contributed by atoms with E-state index < -0.39 is 10.0 Å². The van der Waals surface area contributed by atoms with Crippen molar-refractivity contribution < 1.29 is 13.2 Å². The lowest BCUT2D eigenvalue weighted by molar-refractivity contribution is -0.123. The molecule has 2 aromatic rings. The van der Waals surface area contributed by atoms with Crippen molar-refractivity contribution in [2.45, 2.75) is 31.2 Å². The van der Waals surface area contributed by atoms with Crippen LogP contribution in [0.2, 0.25) is 0 Å². The van der Waals surface area contributed by atoms with Crippen molar-refractivity contribution in [1.29, 1.82) is 0 Å². The number of benzene rings is 1. The van der Waals surface area contributed by atoms with E-state index in [0.29, 0.717) is 24.5 Å². The Morgan fingerprint density at radius 2 is 2.08 bits per heavy atom. The molecule has 0 unspecified atom stereocenters. The molecule has 2 aliphatic rings. The van der Waals surface area contributed by atoms with Gasteiger partial charge in [-0.2, -0.15) is 4.31 Å². The number of nitrogens with one attached hydrogen (secondary N) is 1. The molecule has 7 heteroatoms. The molecule has 5 nitrogen and oxygen atoms in total. The number of rotatable bonds is 5. The molecule has 1 saturated heterocycles. The second-order valence-corrected chi connectivity index (χ2v) is 10.3. The highest BCUT2D eigenvalue weighted by atomic mass is 32.2. The topological polar surface area (TPSA) is 66.5 Å². The first-order valence-corrected chi connectivity index (χ1v) is 11.1. The second-order valence-electron chi connectivity index (χ2n) is 7.32. The molecule has 2 fully saturated rings. The van der Waals surface area contributed by atoms with Crippen molar-refractivity contribution in [3.05, 3.63) is 52.2 Å². The normalized spacial score (nSPS) is 25.5. The van der Waals surface area contributed by atoms with E-state index in [9.17, 15) is 13.2 Å². The average Bonchev–Trinajstić information content (AvgIpc) is 2.97. The van der Waals surface area contributed by atoms with Crippen LogP contribution in [0.25, 0.3) is 0 Å². The third-order valence-corrected chi connectivity index (χ3v) is 8.27. The molecule has 138 valence electrons. The largest absolute Gasteiger partial charge is 0.351 e. The summed E-state index contributed by atoms with van der Waals surface area (Å²) < 4.78 is 27.2. The molecule has 26 heavy (non-hydrogen) atoms. The fourth-order valence-corrected chi connectivity index (χ4v) is 5.98. The van der Waals surface area contributed by atoms with Gasteiger partial charge in [-0.1, -0.05) is 23.8 Å². The number of nitrogens with zero attached hydrogens (tertiary/aromatic N) is 1. The van der Waals surface area contributed by atoms with Crippen LogP contribution < -0.4 is 5.32 Å². The summed E-state index contributed by atoms with van der Waals surface area (Å²) in [6, 6.07) is 10.9. The molecule has 1 saturated carbocycles. The molecule has 1 spiro atoms. The number of amides is 1. The SMILES string of the molecule is Cc1ccc(S(=O)(=O)N2CC[C@]3(C[C@H]3C(=O)NCc3cccs3)C2)cc1. The number of carbonyl (C=O) groups is 1. The van der Waals surface area contributed by atoms with Crippen LogP contribution in [0.4, 0.5) is 0 Å². The van der Waals surface area contributed by atoms with Gasteiger partial charge in [-0.05, 0) is 48.8 Å². The highest BCUT2D eigenvalue weighted by molar-refractivity contribution is 7.89. The monoisotopic (exact) mass is 390 g/mol. The van der Waals surface area contributed by atoms with E-state index in [2.05, 4.69) is 5.32 Å². The molecule has 4 rings (SSSR count). The molecule has 0 bridgehead atoms. The Hall–Kier alpha value is -1.70. The summed E-state index contributed by atoms with van der Waals surface area (Å²) >= 11 is 1.62. The Bertz CT molecular complexity index is 907. The fourth-order valence-electron chi connectivity index (χ4n) is 3.80. The van der Waals surface area contributed by atoms with Gasteiger partial charge in [-0.15, -0.1) is 11.3 Å².